The summed E-state index contributed by atoms with van der Waals surface area (Å²) in [6.45, 7) is 7.28. The molecule has 1 aliphatic rings. The molecular weight excluding hydrogens is 220 g/mol. The highest BCUT2D eigenvalue weighted by Gasteiger charge is 2.24. The van der Waals surface area contributed by atoms with E-state index >= 15 is 0 Å². The third-order valence-corrected chi connectivity index (χ3v) is 4.17. The van der Waals surface area contributed by atoms with Crippen LogP contribution in [0.4, 0.5) is 0 Å². The van der Waals surface area contributed by atoms with Gasteiger partial charge in [0.25, 0.3) is 0 Å². The van der Waals surface area contributed by atoms with Crippen molar-refractivity contribution in [3.8, 4) is 0 Å². The molecule has 1 heterocycles. The van der Waals surface area contributed by atoms with E-state index in [1.54, 1.807) is 0 Å². The highest BCUT2D eigenvalue weighted by Crippen LogP contribution is 2.31. The molecule has 18 heavy (non-hydrogen) atoms. The fourth-order valence-electron chi connectivity index (χ4n) is 2.92. The quantitative estimate of drug-likeness (QED) is 0.752. The van der Waals surface area contributed by atoms with Gasteiger partial charge in [-0.1, -0.05) is 18.2 Å². The Bertz CT molecular complexity index is 377. The standard InChI is InChI=1S/C16H24N2/c1-13(2)15-6-8-16(9-7-15)18(3)12-14-5-4-10-17-11-14/h4-5,10-11,15-16H,1,6-9,12H2,2-3H3. The van der Waals surface area contributed by atoms with Crippen LogP contribution in [0.15, 0.2) is 36.7 Å². The maximum Gasteiger partial charge on any atom is 0.0312 e. The molecule has 0 bridgehead atoms. The molecule has 0 spiro atoms. The number of allylic oxidation sites excluding steroid dienone is 1. The van der Waals surface area contributed by atoms with Crippen LogP contribution < -0.4 is 0 Å². The molecule has 0 N–H and O–H groups in total. The molecule has 0 aromatic carbocycles. The molecule has 1 aromatic heterocycles. The second-order valence-corrected chi connectivity index (χ2v) is 5.63. The molecule has 1 aliphatic carbocycles. The van der Waals surface area contributed by atoms with E-state index in [0.717, 1.165) is 18.5 Å². The van der Waals surface area contributed by atoms with E-state index in [-0.39, 0.29) is 0 Å². The molecule has 1 fully saturated rings. The van der Waals surface area contributed by atoms with Crippen molar-refractivity contribution < 1.29 is 0 Å². The number of pyridine rings is 1. The van der Waals surface area contributed by atoms with Crippen LogP contribution in [-0.4, -0.2) is 23.0 Å². The molecular formula is C16H24N2. The Labute approximate surface area is 111 Å². The lowest BCUT2D eigenvalue weighted by atomic mass is 9.82. The van der Waals surface area contributed by atoms with Gasteiger partial charge in [-0.2, -0.15) is 0 Å². The molecule has 0 atom stereocenters. The van der Waals surface area contributed by atoms with Gasteiger partial charge in [0.15, 0.2) is 0 Å². The van der Waals surface area contributed by atoms with Crippen molar-refractivity contribution in [1.82, 2.24) is 9.88 Å². The van der Waals surface area contributed by atoms with Crippen LogP contribution >= 0.6 is 0 Å². The monoisotopic (exact) mass is 244 g/mol. The molecule has 1 saturated carbocycles. The maximum absolute atomic E-state index is 4.18. The molecule has 2 nitrogen and oxygen atoms in total. The van der Waals surface area contributed by atoms with E-state index in [4.69, 9.17) is 0 Å². The van der Waals surface area contributed by atoms with E-state index in [1.165, 1.54) is 36.8 Å². The van der Waals surface area contributed by atoms with Crippen molar-refractivity contribution in [2.45, 2.75) is 45.2 Å². The lowest BCUT2D eigenvalue weighted by Crippen LogP contribution is -2.34. The predicted octanol–water partition coefficient (Wildman–Crippen LogP) is 3.65. The van der Waals surface area contributed by atoms with Crippen molar-refractivity contribution in [3.63, 3.8) is 0 Å². The average molecular weight is 244 g/mol. The molecule has 0 saturated heterocycles. The topological polar surface area (TPSA) is 16.1 Å². The first-order valence-corrected chi connectivity index (χ1v) is 6.91. The summed E-state index contributed by atoms with van der Waals surface area (Å²) in [7, 11) is 2.23. The van der Waals surface area contributed by atoms with Gasteiger partial charge >= 0.3 is 0 Å². The fraction of sp³-hybridized carbons (Fsp3) is 0.562. The Morgan fingerprint density at radius 1 is 1.39 bits per heavy atom. The second-order valence-electron chi connectivity index (χ2n) is 5.63. The molecule has 2 rings (SSSR count). The minimum Gasteiger partial charge on any atom is -0.299 e. The predicted molar refractivity (Wildman–Crippen MR) is 76.3 cm³/mol. The summed E-state index contributed by atoms with van der Waals surface area (Å²) in [6, 6.07) is 4.89. The summed E-state index contributed by atoms with van der Waals surface area (Å²) >= 11 is 0. The SMILES string of the molecule is C=C(C)C1CCC(N(C)Cc2cccnc2)CC1. The third kappa shape index (κ3) is 3.42. The van der Waals surface area contributed by atoms with Gasteiger partial charge in [0.2, 0.25) is 0 Å². The van der Waals surface area contributed by atoms with Gasteiger partial charge in [-0.05, 0) is 57.2 Å². The maximum atomic E-state index is 4.18. The van der Waals surface area contributed by atoms with Gasteiger partial charge in [0.1, 0.15) is 0 Å². The number of hydrogen-bond donors (Lipinski definition) is 0. The second kappa shape index (κ2) is 6.14. The highest BCUT2D eigenvalue weighted by atomic mass is 15.1. The van der Waals surface area contributed by atoms with Gasteiger partial charge in [-0.15, -0.1) is 0 Å². The van der Waals surface area contributed by atoms with Crippen molar-refractivity contribution in [3.05, 3.63) is 42.2 Å². The van der Waals surface area contributed by atoms with E-state index in [9.17, 15) is 0 Å². The van der Waals surface area contributed by atoms with Crippen LogP contribution in [0.25, 0.3) is 0 Å². The van der Waals surface area contributed by atoms with E-state index in [0.29, 0.717) is 0 Å². The number of hydrogen-bond acceptors (Lipinski definition) is 2. The van der Waals surface area contributed by atoms with E-state index < -0.39 is 0 Å². The summed E-state index contributed by atoms with van der Waals surface area (Å²) < 4.78 is 0. The van der Waals surface area contributed by atoms with E-state index in [1.807, 2.05) is 18.5 Å². The molecule has 98 valence electrons. The van der Waals surface area contributed by atoms with Crippen molar-refractivity contribution in [1.29, 1.82) is 0 Å². The smallest absolute Gasteiger partial charge is 0.0312 e. The van der Waals surface area contributed by atoms with Crippen molar-refractivity contribution >= 4 is 0 Å². The Hall–Kier alpha value is -1.15. The fourth-order valence-corrected chi connectivity index (χ4v) is 2.92. The summed E-state index contributed by atoms with van der Waals surface area (Å²) in [6.07, 6.45) is 9.01. The zero-order chi connectivity index (χ0) is 13.0. The Kier molecular flexibility index (Phi) is 4.54. The zero-order valence-electron chi connectivity index (χ0n) is 11.6. The Morgan fingerprint density at radius 2 is 2.11 bits per heavy atom. The van der Waals surface area contributed by atoms with Gasteiger partial charge in [-0.25, -0.2) is 0 Å². The van der Waals surface area contributed by atoms with Crippen LogP contribution in [0, 0.1) is 5.92 Å². The number of nitrogens with zero attached hydrogens (tertiary/aromatic N) is 2. The van der Waals surface area contributed by atoms with Crippen LogP contribution in [-0.2, 0) is 6.54 Å². The zero-order valence-corrected chi connectivity index (χ0v) is 11.6. The molecule has 0 amide bonds. The lowest BCUT2D eigenvalue weighted by molar-refractivity contribution is 0.167. The van der Waals surface area contributed by atoms with Gasteiger partial charge in [0, 0.05) is 25.0 Å². The van der Waals surface area contributed by atoms with Crippen LogP contribution in [0.3, 0.4) is 0 Å². The van der Waals surface area contributed by atoms with Crippen molar-refractivity contribution in [2.75, 3.05) is 7.05 Å². The highest BCUT2D eigenvalue weighted by molar-refractivity contribution is 5.08. The van der Waals surface area contributed by atoms with Gasteiger partial charge < -0.3 is 0 Å². The first-order chi connectivity index (χ1) is 8.66. The lowest BCUT2D eigenvalue weighted by Gasteiger charge is -2.35. The number of aromatic nitrogens is 1. The third-order valence-electron chi connectivity index (χ3n) is 4.17. The molecule has 0 radical (unpaired) electrons. The Balaban J connectivity index is 1.84. The molecule has 0 aliphatic heterocycles. The van der Waals surface area contributed by atoms with Crippen LogP contribution in [0.1, 0.15) is 38.2 Å². The largest absolute Gasteiger partial charge is 0.299 e. The molecule has 1 aromatic rings. The first-order valence-electron chi connectivity index (χ1n) is 6.91. The Morgan fingerprint density at radius 3 is 2.67 bits per heavy atom. The first kappa shape index (κ1) is 13.3. The summed E-state index contributed by atoms with van der Waals surface area (Å²) in [4.78, 5) is 6.66. The molecule has 0 unspecified atom stereocenters. The van der Waals surface area contributed by atoms with Gasteiger partial charge in [0.05, 0.1) is 0 Å². The normalized spacial score (nSPS) is 24.2. The summed E-state index contributed by atoms with van der Waals surface area (Å²) in [5.41, 5.74) is 2.67. The summed E-state index contributed by atoms with van der Waals surface area (Å²) in [5.74, 6) is 0.757. The van der Waals surface area contributed by atoms with Crippen molar-refractivity contribution in [2.24, 2.45) is 5.92 Å². The number of rotatable bonds is 4. The van der Waals surface area contributed by atoms with Crippen LogP contribution in [0.2, 0.25) is 0 Å². The molecule has 2 heteroatoms. The minimum absolute atomic E-state index is 0.723. The van der Waals surface area contributed by atoms with Crippen LogP contribution in [0.5, 0.6) is 0 Å². The minimum atomic E-state index is 0.723. The van der Waals surface area contributed by atoms with E-state index in [2.05, 4.69) is 36.5 Å². The average Bonchev–Trinajstić information content (AvgIpc) is 2.40. The van der Waals surface area contributed by atoms with Gasteiger partial charge in [-0.3, -0.25) is 9.88 Å². The summed E-state index contributed by atoms with van der Waals surface area (Å²) in [5, 5.41) is 0.